The highest BCUT2D eigenvalue weighted by Crippen LogP contribution is 2.21. The van der Waals surface area contributed by atoms with Gasteiger partial charge in [-0.15, -0.1) is 0 Å². The van der Waals surface area contributed by atoms with Gasteiger partial charge in [0.1, 0.15) is 5.82 Å². The molecule has 1 aromatic heterocycles. The second-order valence-corrected chi connectivity index (χ2v) is 6.97. The van der Waals surface area contributed by atoms with Crippen LogP contribution in [-0.4, -0.2) is 25.6 Å². The summed E-state index contributed by atoms with van der Waals surface area (Å²) in [6, 6.07) is 6.80. The van der Waals surface area contributed by atoms with Gasteiger partial charge < -0.3 is 5.32 Å². The number of carbonyl (C=O) groups excluding carboxylic acids is 1. The fourth-order valence-corrected chi connectivity index (χ4v) is 2.55. The number of hydrogen-bond donors (Lipinski definition) is 1. The quantitative estimate of drug-likeness (QED) is 0.898. The van der Waals surface area contributed by atoms with Crippen LogP contribution in [0.1, 0.15) is 10.4 Å². The Morgan fingerprint density at radius 1 is 1.29 bits per heavy atom. The molecule has 0 saturated carbocycles. The Hall–Kier alpha value is -1.80. The van der Waals surface area contributed by atoms with Crippen molar-refractivity contribution in [3.05, 3.63) is 52.4 Å². The number of rotatable bonds is 3. The number of halogens is 2. The maximum atomic E-state index is 13.4. The van der Waals surface area contributed by atoms with Crippen LogP contribution < -0.4 is 5.32 Å². The summed E-state index contributed by atoms with van der Waals surface area (Å²) in [4.78, 5) is 15.8. The van der Waals surface area contributed by atoms with Crippen molar-refractivity contribution in [3.63, 3.8) is 0 Å². The summed E-state index contributed by atoms with van der Waals surface area (Å²) in [5.74, 6) is -1.08. The molecule has 0 aliphatic rings. The molecular formula is C13H10BrFN2O3S. The highest BCUT2D eigenvalue weighted by molar-refractivity contribution is 9.10. The number of pyridine rings is 1. The number of benzene rings is 1. The zero-order valence-electron chi connectivity index (χ0n) is 10.8. The van der Waals surface area contributed by atoms with E-state index >= 15 is 0 Å². The first kappa shape index (κ1) is 15.6. The molecule has 2 aromatic rings. The lowest BCUT2D eigenvalue weighted by Crippen LogP contribution is -2.13. The molecule has 1 amide bonds. The number of nitrogens with one attached hydrogen (secondary N) is 1. The molecule has 0 aliphatic carbocycles. The summed E-state index contributed by atoms with van der Waals surface area (Å²) in [5, 5.41) is 2.42. The molecule has 8 heteroatoms. The van der Waals surface area contributed by atoms with E-state index in [1.165, 1.54) is 36.5 Å². The molecule has 0 unspecified atom stereocenters. The molecule has 2 rings (SSSR count). The third kappa shape index (κ3) is 3.64. The van der Waals surface area contributed by atoms with Gasteiger partial charge in [-0.2, -0.15) is 0 Å². The van der Waals surface area contributed by atoms with Gasteiger partial charge in [0.2, 0.25) is 0 Å². The van der Waals surface area contributed by atoms with Gasteiger partial charge in [0.25, 0.3) is 5.91 Å². The summed E-state index contributed by atoms with van der Waals surface area (Å²) < 4.78 is 36.0. The molecule has 110 valence electrons. The van der Waals surface area contributed by atoms with Gasteiger partial charge in [-0.1, -0.05) is 6.07 Å². The van der Waals surface area contributed by atoms with Crippen LogP contribution in [0.15, 0.2) is 46.0 Å². The lowest BCUT2D eigenvalue weighted by atomic mass is 10.2. The van der Waals surface area contributed by atoms with Crippen LogP contribution in [0.3, 0.4) is 0 Å². The number of anilines is 1. The predicted molar refractivity (Wildman–Crippen MR) is 79.4 cm³/mol. The first-order chi connectivity index (χ1) is 9.79. The van der Waals surface area contributed by atoms with Gasteiger partial charge in [-0.25, -0.2) is 17.8 Å². The molecule has 0 atom stereocenters. The molecule has 0 fully saturated rings. The topological polar surface area (TPSA) is 76.1 Å². The minimum atomic E-state index is -3.39. The Morgan fingerprint density at radius 3 is 2.57 bits per heavy atom. The third-order valence-corrected chi connectivity index (χ3v) is 4.38. The highest BCUT2D eigenvalue weighted by Gasteiger charge is 2.14. The normalized spacial score (nSPS) is 11.2. The van der Waals surface area contributed by atoms with Crippen LogP contribution >= 0.6 is 15.9 Å². The van der Waals surface area contributed by atoms with Crippen molar-refractivity contribution in [2.24, 2.45) is 0 Å². The smallest absolute Gasteiger partial charge is 0.256 e. The molecule has 1 N–H and O–H groups in total. The summed E-state index contributed by atoms with van der Waals surface area (Å²) in [5.41, 5.74) is 0.436. The van der Waals surface area contributed by atoms with Crippen LogP contribution in [-0.2, 0) is 9.84 Å². The van der Waals surface area contributed by atoms with Crippen molar-refractivity contribution < 1.29 is 17.6 Å². The molecule has 1 aromatic carbocycles. The van der Waals surface area contributed by atoms with E-state index in [0.29, 0.717) is 5.69 Å². The van der Waals surface area contributed by atoms with Gasteiger partial charge in [0.05, 0.1) is 21.9 Å². The number of carbonyl (C=O) groups is 1. The van der Waals surface area contributed by atoms with Gasteiger partial charge in [0.15, 0.2) is 14.9 Å². The molecule has 0 radical (unpaired) electrons. The van der Waals surface area contributed by atoms with Crippen LogP contribution in [0.5, 0.6) is 0 Å². The maximum Gasteiger partial charge on any atom is 0.256 e. The standard InChI is InChI=1S/C13H10BrFN2O3S/c1-21(19,20)11-6-5-8(7-16-11)17-13(18)9-3-2-4-10(15)12(9)14/h2-7H,1H3,(H,17,18). The third-order valence-electron chi connectivity index (χ3n) is 2.57. The van der Waals surface area contributed by atoms with Crippen molar-refractivity contribution in [2.75, 3.05) is 11.6 Å². The fourth-order valence-electron chi connectivity index (χ4n) is 1.55. The monoisotopic (exact) mass is 372 g/mol. The summed E-state index contributed by atoms with van der Waals surface area (Å²) in [7, 11) is -3.39. The first-order valence-electron chi connectivity index (χ1n) is 5.70. The fraction of sp³-hybridized carbons (Fsp3) is 0.0769. The van der Waals surface area contributed by atoms with Gasteiger partial charge in [0, 0.05) is 6.26 Å². The van der Waals surface area contributed by atoms with Crippen LogP contribution in [0.4, 0.5) is 10.1 Å². The van der Waals surface area contributed by atoms with Crippen LogP contribution in [0, 0.1) is 5.82 Å². The summed E-state index contributed by atoms with van der Waals surface area (Å²) in [6.07, 6.45) is 2.26. The number of amides is 1. The Labute approximate surface area is 129 Å². The van der Waals surface area contributed by atoms with E-state index in [4.69, 9.17) is 0 Å². The molecule has 0 spiro atoms. The molecule has 5 nitrogen and oxygen atoms in total. The molecule has 1 heterocycles. The highest BCUT2D eigenvalue weighted by atomic mass is 79.9. The van der Waals surface area contributed by atoms with Crippen LogP contribution in [0.2, 0.25) is 0 Å². The second kappa shape index (κ2) is 5.90. The zero-order chi connectivity index (χ0) is 15.6. The van der Waals surface area contributed by atoms with E-state index in [1.54, 1.807) is 0 Å². The number of aromatic nitrogens is 1. The zero-order valence-corrected chi connectivity index (χ0v) is 13.2. The van der Waals surface area contributed by atoms with E-state index < -0.39 is 21.6 Å². The predicted octanol–water partition coefficient (Wildman–Crippen LogP) is 2.64. The van der Waals surface area contributed by atoms with E-state index in [0.717, 1.165) is 6.26 Å². The molecule has 0 bridgehead atoms. The number of nitrogens with zero attached hydrogens (tertiary/aromatic N) is 1. The van der Waals surface area contributed by atoms with Gasteiger partial charge in [-0.3, -0.25) is 4.79 Å². The van der Waals surface area contributed by atoms with Crippen molar-refractivity contribution in [2.45, 2.75) is 5.03 Å². The molecule has 0 saturated heterocycles. The summed E-state index contributed by atoms with van der Waals surface area (Å²) >= 11 is 3.00. The minimum Gasteiger partial charge on any atom is -0.321 e. The SMILES string of the molecule is CS(=O)(=O)c1ccc(NC(=O)c2cccc(F)c2Br)cn1. The summed E-state index contributed by atoms with van der Waals surface area (Å²) in [6.45, 7) is 0. The van der Waals surface area contributed by atoms with E-state index in [-0.39, 0.29) is 15.1 Å². The number of sulfone groups is 1. The maximum absolute atomic E-state index is 13.4. The number of hydrogen-bond acceptors (Lipinski definition) is 4. The van der Waals surface area contributed by atoms with Crippen molar-refractivity contribution in [1.82, 2.24) is 4.98 Å². The lowest BCUT2D eigenvalue weighted by molar-refractivity contribution is 0.102. The average molecular weight is 373 g/mol. The van der Waals surface area contributed by atoms with Crippen molar-refractivity contribution in [1.29, 1.82) is 0 Å². The van der Waals surface area contributed by atoms with Crippen LogP contribution in [0.25, 0.3) is 0 Å². The largest absolute Gasteiger partial charge is 0.321 e. The molecular weight excluding hydrogens is 363 g/mol. The van der Waals surface area contributed by atoms with E-state index in [2.05, 4.69) is 26.2 Å². The lowest BCUT2D eigenvalue weighted by Gasteiger charge is -2.07. The second-order valence-electron chi connectivity index (χ2n) is 4.21. The van der Waals surface area contributed by atoms with E-state index in [1.807, 2.05) is 0 Å². The Morgan fingerprint density at radius 2 is 2.00 bits per heavy atom. The molecule has 0 aliphatic heterocycles. The molecule has 21 heavy (non-hydrogen) atoms. The first-order valence-corrected chi connectivity index (χ1v) is 8.39. The van der Waals surface area contributed by atoms with E-state index in [9.17, 15) is 17.6 Å². The Balaban J connectivity index is 2.22. The average Bonchev–Trinajstić information content (AvgIpc) is 2.41. The van der Waals surface area contributed by atoms with Crippen molar-refractivity contribution in [3.8, 4) is 0 Å². The van der Waals surface area contributed by atoms with Crippen molar-refractivity contribution >= 4 is 37.4 Å². The van der Waals surface area contributed by atoms with Gasteiger partial charge >= 0.3 is 0 Å². The Kier molecular flexibility index (Phi) is 4.38. The minimum absolute atomic E-state index is 0.0585. The van der Waals surface area contributed by atoms with Gasteiger partial charge in [-0.05, 0) is 40.2 Å². The Bertz CT molecular complexity index is 792.